The molecule has 6 heteroatoms. The van der Waals surface area contributed by atoms with Crippen molar-refractivity contribution in [3.8, 4) is 0 Å². The van der Waals surface area contributed by atoms with Crippen molar-refractivity contribution in [2.24, 2.45) is 4.66 Å². The molecule has 0 saturated carbocycles. The third kappa shape index (κ3) is 4.98. The monoisotopic (exact) mass is 342 g/mol. The Kier molecular flexibility index (Phi) is 5.27. The second-order valence-electron chi connectivity index (χ2n) is 8.26. The molecule has 0 spiro atoms. The average Bonchev–Trinajstić information content (AvgIpc) is 2.60. The zero-order chi connectivity index (χ0) is 15.8. The highest BCUT2D eigenvalue weighted by Gasteiger charge is 2.38. The largest absolute Gasteiger partial charge is 0.409 e. The van der Waals surface area contributed by atoms with E-state index in [0.717, 1.165) is 0 Å². The molecule has 0 unspecified atom stereocenters. The molecule has 0 aromatic carbocycles. The molecule has 1 rings (SSSR count). The molecule has 1 heterocycles. The number of hydrogen-bond donors (Lipinski definition) is 0. The summed E-state index contributed by atoms with van der Waals surface area (Å²) in [6.07, 6.45) is 0. The average molecular weight is 343 g/mol. The van der Waals surface area contributed by atoms with E-state index in [2.05, 4.69) is 80.7 Å². The topological polar surface area (TPSA) is 15.6 Å². The number of thiophene rings is 1. The van der Waals surface area contributed by atoms with Gasteiger partial charge in [-0.2, -0.15) is 0 Å². The second kappa shape index (κ2) is 5.90. The first kappa shape index (κ1) is 17.9. The fourth-order valence-corrected chi connectivity index (χ4v) is 14.2. The third-order valence-corrected chi connectivity index (χ3v) is 11.6. The first-order valence-corrected chi connectivity index (χ1v) is 18.5. The van der Waals surface area contributed by atoms with Gasteiger partial charge in [0.2, 0.25) is 0 Å². The van der Waals surface area contributed by atoms with Crippen molar-refractivity contribution in [2.45, 2.75) is 58.9 Å². The molecular formula is C14H30N2SSi3. The number of rotatable bonds is 4. The summed E-state index contributed by atoms with van der Waals surface area (Å²) < 4.78 is 8.00. The van der Waals surface area contributed by atoms with Crippen molar-refractivity contribution in [2.75, 3.05) is 0 Å². The lowest BCUT2D eigenvalue weighted by Gasteiger charge is -2.46. The van der Waals surface area contributed by atoms with Gasteiger partial charge in [-0.1, -0.05) is 45.3 Å². The van der Waals surface area contributed by atoms with Crippen molar-refractivity contribution in [1.82, 2.24) is 4.23 Å². The van der Waals surface area contributed by atoms with Gasteiger partial charge in [0.05, 0.1) is 4.88 Å². The molecule has 0 N–H and O–H groups in total. The minimum Gasteiger partial charge on any atom is -0.409 e. The van der Waals surface area contributed by atoms with Gasteiger partial charge < -0.3 is 8.89 Å². The SMILES string of the molecule is C[Si](C)(C)/N=C(\c1cccs1)N([Si](C)(C)C)[Si](C)(C)C. The molecule has 0 bridgehead atoms. The Morgan fingerprint density at radius 3 is 1.75 bits per heavy atom. The van der Waals surface area contributed by atoms with E-state index in [0.29, 0.717) is 0 Å². The van der Waals surface area contributed by atoms with Gasteiger partial charge in [-0.25, -0.2) is 0 Å². The Labute approximate surface area is 132 Å². The molecule has 0 amide bonds. The van der Waals surface area contributed by atoms with Gasteiger partial charge in [0, 0.05) is 0 Å². The first-order chi connectivity index (χ1) is 8.82. The highest BCUT2D eigenvalue weighted by atomic mass is 32.1. The summed E-state index contributed by atoms with van der Waals surface area (Å²) in [7, 11) is -4.40. The quantitative estimate of drug-likeness (QED) is 0.412. The second-order valence-corrected chi connectivity index (χ2v) is 23.8. The Morgan fingerprint density at radius 1 is 0.950 bits per heavy atom. The molecule has 0 aliphatic carbocycles. The van der Waals surface area contributed by atoms with Crippen LogP contribution >= 0.6 is 11.3 Å². The van der Waals surface area contributed by atoms with Crippen molar-refractivity contribution >= 4 is 41.9 Å². The van der Waals surface area contributed by atoms with E-state index in [-0.39, 0.29) is 0 Å². The van der Waals surface area contributed by atoms with Gasteiger partial charge in [-0.05, 0) is 31.1 Å². The van der Waals surface area contributed by atoms with Gasteiger partial charge in [-0.3, -0.25) is 0 Å². The van der Waals surface area contributed by atoms with Crippen LogP contribution in [0.2, 0.25) is 58.9 Å². The van der Waals surface area contributed by atoms with Crippen molar-refractivity contribution < 1.29 is 0 Å². The Morgan fingerprint density at radius 2 is 1.45 bits per heavy atom. The lowest BCUT2D eigenvalue weighted by molar-refractivity contribution is 0.903. The van der Waals surface area contributed by atoms with Crippen LogP contribution < -0.4 is 0 Å². The van der Waals surface area contributed by atoms with E-state index in [9.17, 15) is 0 Å². The Balaban J connectivity index is 3.46. The summed E-state index contributed by atoms with van der Waals surface area (Å²) in [5.74, 6) is 1.29. The van der Waals surface area contributed by atoms with Crippen molar-refractivity contribution in [3.63, 3.8) is 0 Å². The van der Waals surface area contributed by atoms with Gasteiger partial charge in [0.25, 0.3) is 0 Å². The summed E-state index contributed by atoms with van der Waals surface area (Å²) in [4.78, 5) is 1.34. The number of hydrogen-bond acceptors (Lipinski definition) is 2. The molecule has 0 atom stereocenters. The summed E-state index contributed by atoms with van der Waals surface area (Å²) in [5, 5.41) is 2.17. The Hall–Kier alpha value is -0.179. The minimum atomic E-state index is -1.50. The summed E-state index contributed by atoms with van der Waals surface area (Å²) >= 11 is 1.83. The van der Waals surface area contributed by atoms with Crippen molar-refractivity contribution in [3.05, 3.63) is 22.4 Å². The lowest BCUT2D eigenvalue weighted by atomic mass is 10.4. The van der Waals surface area contributed by atoms with Gasteiger partial charge in [-0.15, -0.1) is 11.3 Å². The third-order valence-electron chi connectivity index (χ3n) is 2.74. The van der Waals surface area contributed by atoms with E-state index in [1.807, 2.05) is 11.3 Å². The van der Waals surface area contributed by atoms with Gasteiger partial charge >= 0.3 is 0 Å². The zero-order valence-corrected chi connectivity index (χ0v) is 18.4. The number of nitrogens with zero attached hydrogens (tertiary/aromatic N) is 2. The normalized spacial score (nSPS) is 14.6. The van der Waals surface area contributed by atoms with Crippen LogP contribution in [0.1, 0.15) is 4.88 Å². The van der Waals surface area contributed by atoms with E-state index in [4.69, 9.17) is 4.66 Å². The molecule has 20 heavy (non-hydrogen) atoms. The highest BCUT2D eigenvalue weighted by molar-refractivity contribution is 7.13. The van der Waals surface area contributed by atoms with E-state index in [1.165, 1.54) is 10.7 Å². The van der Waals surface area contributed by atoms with Crippen LogP contribution in [0.4, 0.5) is 0 Å². The van der Waals surface area contributed by atoms with Crippen molar-refractivity contribution in [1.29, 1.82) is 0 Å². The van der Waals surface area contributed by atoms with Crippen LogP contribution in [-0.2, 0) is 0 Å². The maximum atomic E-state index is 5.25. The summed E-state index contributed by atoms with van der Waals surface area (Å²) in [6, 6.07) is 4.38. The molecule has 0 fully saturated rings. The maximum absolute atomic E-state index is 5.25. The summed E-state index contributed by atoms with van der Waals surface area (Å²) in [6.45, 7) is 21.6. The smallest absolute Gasteiger partial charge is 0.175 e. The molecule has 0 saturated heterocycles. The molecule has 1 aromatic heterocycles. The van der Waals surface area contributed by atoms with Gasteiger partial charge in [0.1, 0.15) is 22.3 Å². The lowest BCUT2D eigenvalue weighted by Crippen LogP contribution is -2.62. The van der Waals surface area contributed by atoms with Crippen LogP contribution in [0.15, 0.2) is 22.2 Å². The predicted molar refractivity (Wildman–Crippen MR) is 103 cm³/mol. The van der Waals surface area contributed by atoms with E-state index in [1.54, 1.807) is 0 Å². The van der Waals surface area contributed by atoms with Crippen LogP contribution in [0.25, 0.3) is 0 Å². The van der Waals surface area contributed by atoms with Crippen LogP contribution in [-0.4, -0.2) is 34.8 Å². The molecule has 1 aromatic rings. The highest BCUT2D eigenvalue weighted by Crippen LogP contribution is 2.26. The molecule has 0 radical (unpaired) electrons. The maximum Gasteiger partial charge on any atom is 0.175 e. The summed E-state index contributed by atoms with van der Waals surface area (Å²) in [5.41, 5.74) is 0. The minimum absolute atomic E-state index is 1.29. The molecule has 2 nitrogen and oxygen atoms in total. The van der Waals surface area contributed by atoms with Crippen LogP contribution in [0.5, 0.6) is 0 Å². The van der Waals surface area contributed by atoms with E-state index < -0.39 is 24.7 Å². The van der Waals surface area contributed by atoms with Crippen LogP contribution in [0, 0.1) is 0 Å². The van der Waals surface area contributed by atoms with E-state index >= 15 is 0 Å². The fourth-order valence-electron chi connectivity index (χ4n) is 2.58. The Bertz CT molecular complexity index is 448. The zero-order valence-electron chi connectivity index (χ0n) is 14.5. The molecule has 114 valence electrons. The fraction of sp³-hybridized carbons (Fsp3) is 0.643. The van der Waals surface area contributed by atoms with Gasteiger partial charge in [0.15, 0.2) is 8.24 Å². The van der Waals surface area contributed by atoms with Crippen LogP contribution in [0.3, 0.4) is 0 Å². The number of amidine groups is 1. The molecule has 0 aliphatic heterocycles. The molecule has 0 aliphatic rings. The molecular weight excluding hydrogens is 312 g/mol. The predicted octanol–water partition coefficient (Wildman–Crippen LogP) is 5.30. The first-order valence-electron chi connectivity index (χ1n) is 7.26. The standard InChI is InChI=1S/C14H30N2SSi3/c1-18(2,3)15-14(13-11-10-12-17-13)16(19(4,5)6)20(7,8)9/h10-12H,1-9H3/b15-14+.